The van der Waals surface area contributed by atoms with Crippen LogP contribution in [0.1, 0.15) is 26.7 Å². The maximum absolute atomic E-state index is 12.1. The van der Waals surface area contributed by atoms with Gasteiger partial charge in [-0.15, -0.1) is 0 Å². The van der Waals surface area contributed by atoms with Crippen LogP contribution in [0.3, 0.4) is 0 Å². The van der Waals surface area contributed by atoms with Gasteiger partial charge in [0, 0.05) is 25.5 Å². The summed E-state index contributed by atoms with van der Waals surface area (Å²) < 4.78 is 26.7. The Hall–Kier alpha value is -0.690. The highest BCUT2D eigenvalue weighted by molar-refractivity contribution is 7.89. The lowest BCUT2D eigenvalue weighted by molar-refractivity contribution is 0.242. The number of aliphatic hydroxyl groups is 1. The normalized spacial score (nSPS) is 12.6. The molecule has 0 spiro atoms. The zero-order chi connectivity index (χ0) is 14.5. The van der Waals surface area contributed by atoms with E-state index in [1.54, 1.807) is 0 Å². The molecule has 0 aromatic carbocycles. The molecule has 1 aromatic rings. The standard InChI is InChI=1S/C12H19ClN2O3S/c1-12(2,5-3-7-16)9-15-19(17,18)11-8-14-6-4-10(11)13/h4,6,8,15-16H,3,5,7,9H2,1-2H3. The summed E-state index contributed by atoms with van der Waals surface area (Å²) in [6.45, 7) is 4.26. The van der Waals surface area contributed by atoms with Crippen LogP contribution in [0.15, 0.2) is 23.4 Å². The van der Waals surface area contributed by atoms with Crippen molar-refractivity contribution >= 4 is 21.6 Å². The van der Waals surface area contributed by atoms with Crippen molar-refractivity contribution in [1.82, 2.24) is 9.71 Å². The predicted molar refractivity (Wildman–Crippen MR) is 74.5 cm³/mol. The van der Waals surface area contributed by atoms with E-state index < -0.39 is 10.0 Å². The van der Waals surface area contributed by atoms with Gasteiger partial charge < -0.3 is 5.11 Å². The van der Waals surface area contributed by atoms with Gasteiger partial charge in [0.2, 0.25) is 10.0 Å². The van der Waals surface area contributed by atoms with Crippen LogP contribution in [-0.4, -0.2) is 31.7 Å². The number of nitrogens with zero attached hydrogens (tertiary/aromatic N) is 1. The highest BCUT2D eigenvalue weighted by Gasteiger charge is 2.23. The summed E-state index contributed by atoms with van der Waals surface area (Å²) in [6.07, 6.45) is 4.03. The van der Waals surface area contributed by atoms with Gasteiger partial charge in [0.15, 0.2) is 0 Å². The molecule has 0 amide bonds. The number of aliphatic hydroxyl groups excluding tert-OH is 1. The molecule has 0 saturated carbocycles. The van der Waals surface area contributed by atoms with E-state index in [1.807, 2.05) is 13.8 Å². The van der Waals surface area contributed by atoms with E-state index in [0.29, 0.717) is 6.42 Å². The maximum Gasteiger partial charge on any atom is 0.243 e. The number of nitrogens with one attached hydrogen (secondary N) is 1. The number of pyridine rings is 1. The average molecular weight is 307 g/mol. The summed E-state index contributed by atoms with van der Waals surface area (Å²) in [4.78, 5) is 3.75. The van der Waals surface area contributed by atoms with Gasteiger partial charge in [0.05, 0.1) is 5.02 Å². The van der Waals surface area contributed by atoms with Gasteiger partial charge in [-0.3, -0.25) is 4.98 Å². The fourth-order valence-corrected chi connectivity index (χ4v) is 3.25. The Morgan fingerprint density at radius 3 is 2.74 bits per heavy atom. The van der Waals surface area contributed by atoms with E-state index in [0.717, 1.165) is 6.42 Å². The van der Waals surface area contributed by atoms with Crippen molar-refractivity contribution in [3.8, 4) is 0 Å². The van der Waals surface area contributed by atoms with Crippen LogP contribution >= 0.6 is 11.6 Å². The smallest absolute Gasteiger partial charge is 0.243 e. The summed E-state index contributed by atoms with van der Waals surface area (Å²) in [6, 6.07) is 1.44. The number of hydrogen-bond acceptors (Lipinski definition) is 4. The van der Waals surface area contributed by atoms with E-state index in [-0.39, 0.29) is 28.5 Å². The van der Waals surface area contributed by atoms with Gasteiger partial charge in [-0.1, -0.05) is 25.4 Å². The second-order valence-electron chi connectivity index (χ2n) is 5.12. The van der Waals surface area contributed by atoms with Gasteiger partial charge in [0.1, 0.15) is 4.90 Å². The Morgan fingerprint density at radius 2 is 2.16 bits per heavy atom. The van der Waals surface area contributed by atoms with E-state index >= 15 is 0 Å². The van der Waals surface area contributed by atoms with Crippen LogP contribution in [-0.2, 0) is 10.0 Å². The maximum atomic E-state index is 12.1. The molecule has 0 unspecified atom stereocenters. The van der Waals surface area contributed by atoms with E-state index in [2.05, 4.69) is 9.71 Å². The van der Waals surface area contributed by atoms with Crippen LogP contribution in [0.4, 0.5) is 0 Å². The van der Waals surface area contributed by atoms with Gasteiger partial charge >= 0.3 is 0 Å². The molecule has 2 N–H and O–H groups in total. The molecular weight excluding hydrogens is 288 g/mol. The van der Waals surface area contributed by atoms with Gasteiger partial charge in [-0.25, -0.2) is 13.1 Å². The van der Waals surface area contributed by atoms with Crippen LogP contribution in [0.25, 0.3) is 0 Å². The molecule has 5 nitrogen and oxygen atoms in total. The van der Waals surface area contributed by atoms with Crippen LogP contribution in [0.5, 0.6) is 0 Å². The number of rotatable bonds is 7. The molecule has 7 heteroatoms. The molecule has 1 heterocycles. The second kappa shape index (κ2) is 6.65. The van der Waals surface area contributed by atoms with E-state index in [1.165, 1.54) is 18.5 Å². The van der Waals surface area contributed by atoms with Crippen molar-refractivity contribution in [2.45, 2.75) is 31.6 Å². The Kier molecular flexibility index (Phi) is 5.73. The minimum atomic E-state index is -3.66. The Morgan fingerprint density at radius 1 is 1.47 bits per heavy atom. The molecule has 0 atom stereocenters. The van der Waals surface area contributed by atoms with Crippen molar-refractivity contribution < 1.29 is 13.5 Å². The fourth-order valence-electron chi connectivity index (χ4n) is 1.57. The quantitative estimate of drug-likeness (QED) is 0.805. The molecule has 0 bridgehead atoms. The SMILES string of the molecule is CC(C)(CCCO)CNS(=O)(=O)c1cnccc1Cl. The number of sulfonamides is 1. The fraction of sp³-hybridized carbons (Fsp3) is 0.583. The summed E-state index contributed by atoms with van der Waals surface area (Å²) in [7, 11) is -3.66. The van der Waals surface area contributed by atoms with Crippen LogP contribution < -0.4 is 4.72 Å². The number of aromatic nitrogens is 1. The lowest BCUT2D eigenvalue weighted by Crippen LogP contribution is -2.34. The molecule has 19 heavy (non-hydrogen) atoms. The second-order valence-corrected chi connectivity index (χ2v) is 7.26. The lowest BCUT2D eigenvalue weighted by Gasteiger charge is -2.24. The van der Waals surface area contributed by atoms with Crippen LogP contribution in [0.2, 0.25) is 5.02 Å². The first kappa shape index (κ1) is 16.4. The zero-order valence-corrected chi connectivity index (χ0v) is 12.6. The molecule has 0 aliphatic heterocycles. The third kappa shape index (κ3) is 5.06. The third-order valence-corrected chi connectivity index (χ3v) is 4.65. The lowest BCUT2D eigenvalue weighted by atomic mass is 9.88. The Labute approximate surface area is 119 Å². The molecule has 0 saturated heterocycles. The number of hydrogen-bond donors (Lipinski definition) is 2. The van der Waals surface area contributed by atoms with E-state index in [4.69, 9.17) is 16.7 Å². The largest absolute Gasteiger partial charge is 0.396 e. The van der Waals surface area contributed by atoms with Crippen molar-refractivity contribution in [2.24, 2.45) is 5.41 Å². The summed E-state index contributed by atoms with van der Waals surface area (Å²) in [5, 5.41) is 8.96. The van der Waals surface area contributed by atoms with Gasteiger partial charge in [-0.2, -0.15) is 0 Å². The number of halogens is 1. The molecule has 0 aliphatic rings. The minimum absolute atomic E-state index is 0.0189. The first-order valence-electron chi connectivity index (χ1n) is 5.98. The summed E-state index contributed by atoms with van der Waals surface area (Å²) in [5.74, 6) is 0. The van der Waals surface area contributed by atoms with Crippen molar-refractivity contribution in [1.29, 1.82) is 0 Å². The first-order valence-corrected chi connectivity index (χ1v) is 7.85. The highest BCUT2D eigenvalue weighted by atomic mass is 35.5. The average Bonchev–Trinajstić information content (AvgIpc) is 2.35. The summed E-state index contributed by atoms with van der Waals surface area (Å²) in [5.41, 5.74) is -0.232. The first-order chi connectivity index (χ1) is 8.78. The van der Waals surface area contributed by atoms with Gasteiger partial charge in [0.25, 0.3) is 0 Å². The Bertz CT molecular complexity index is 517. The van der Waals surface area contributed by atoms with Crippen LogP contribution in [0, 0.1) is 5.41 Å². The molecule has 108 valence electrons. The Balaban J connectivity index is 2.74. The molecule has 1 rings (SSSR count). The van der Waals surface area contributed by atoms with Crippen molar-refractivity contribution in [2.75, 3.05) is 13.2 Å². The van der Waals surface area contributed by atoms with Gasteiger partial charge in [-0.05, 0) is 24.3 Å². The molecule has 1 aromatic heterocycles. The highest BCUT2D eigenvalue weighted by Crippen LogP contribution is 2.23. The summed E-state index contributed by atoms with van der Waals surface area (Å²) >= 11 is 5.85. The topological polar surface area (TPSA) is 79.3 Å². The zero-order valence-electron chi connectivity index (χ0n) is 11.1. The van der Waals surface area contributed by atoms with Crippen molar-refractivity contribution in [3.63, 3.8) is 0 Å². The molecule has 0 radical (unpaired) electrons. The monoisotopic (exact) mass is 306 g/mol. The minimum Gasteiger partial charge on any atom is -0.396 e. The third-order valence-electron chi connectivity index (χ3n) is 2.78. The van der Waals surface area contributed by atoms with Crippen molar-refractivity contribution in [3.05, 3.63) is 23.5 Å². The molecular formula is C12H19ClN2O3S. The molecule has 0 aliphatic carbocycles. The van der Waals surface area contributed by atoms with E-state index in [9.17, 15) is 8.42 Å². The predicted octanol–water partition coefficient (Wildman–Crippen LogP) is 1.81. The molecule has 0 fully saturated rings.